The highest BCUT2D eigenvalue weighted by Gasteiger charge is 2.20. The first-order valence-corrected chi connectivity index (χ1v) is 8.24. The van der Waals surface area contributed by atoms with Gasteiger partial charge in [-0.25, -0.2) is 9.97 Å². The zero-order valence-corrected chi connectivity index (χ0v) is 13.2. The van der Waals surface area contributed by atoms with E-state index < -0.39 is 0 Å². The van der Waals surface area contributed by atoms with Gasteiger partial charge in [-0.3, -0.25) is 0 Å². The first kappa shape index (κ1) is 16.0. The summed E-state index contributed by atoms with van der Waals surface area (Å²) in [6, 6.07) is 0. The molecule has 118 valence electrons. The van der Waals surface area contributed by atoms with Crippen molar-refractivity contribution in [2.24, 2.45) is 5.92 Å². The smallest absolute Gasteiger partial charge is 0.134 e. The van der Waals surface area contributed by atoms with E-state index in [-0.39, 0.29) is 6.10 Å². The summed E-state index contributed by atoms with van der Waals surface area (Å²) in [7, 11) is 0. The van der Waals surface area contributed by atoms with Crippen LogP contribution in [-0.2, 0) is 6.42 Å². The largest absolute Gasteiger partial charge is 0.393 e. The number of nitrogens with one attached hydrogen (secondary N) is 2. The molecule has 3 N–H and O–H groups in total. The van der Waals surface area contributed by atoms with Crippen LogP contribution in [0.25, 0.3) is 0 Å². The van der Waals surface area contributed by atoms with Crippen molar-refractivity contribution in [2.45, 2.75) is 58.5 Å². The van der Waals surface area contributed by atoms with E-state index in [1.54, 1.807) is 6.33 Å². The quantitative estimate of drug-likeness (QED) is 0.721. The van der Waals surface area contributed by atoms with Crippen LogP contribution in [0.1, 0.15) is 51.5 Å². The molecule has 0 spiro atoms. The van der Waals surface area contributed by atoms with Crippen LogP contribution in [0.4, 0.5) is 11.6 Å². The van der Waals surface area contributed by atoms with Crippen molar-refractivity contribution in [3.8, 4) is 0 Å². The third-order valence-electron chi connectivity index (χ3n) is 4.10. The molecule has 0 saturated heterocycles. The van der Waals surface area contributed by atoms with Gasteiger partial charge in [0.05, 0.1) is 6.10 Å². The molecule has 1 aliphatic carbocycles. The van der Waals surface area contributed by atoms with Gasteiger partial charge in [-0.1, -0.05) is 19.8 Å². The second-order valence-corrected chi connectivity index (χ2v) is 5.90. The molecule has 2 rings (SSSR count). The molecule has 2 unspecified atom stereocenters. The molecule has 5 heteroatoms. The summed E-state index contributed by atoms with van der Waals surface area (Å²) in [5.41, 5.74) is 1.18. The van der Waals surface area contributed by atoms with Crippen molar-refractivity contribution >= 4 is 11.6 Å². The summed E-state index contributed by atoms with van der Waals surface area (Å²) >= 11 is 0. The maximum atomic E-state index is 9.77. The molecule has 0 aromatic carbocycles. The van der Waals surface area contributed by atoms with Crippen LogP contribution in [-0.4, -0.2) is 34.3 Å². The van der Waals surface area contributed by atoms with Crippen LogP contribution in [0.3, 0.4) is 0 Å². The summed E-state index contributed by atoms with van der Waals surface area (Å²) in [4.78, 5) is 8.77. The topological polar surface area (TPSA) is 70.1 Å². The lowest BCUT2D eigenvalue weighted by Gasteiger charge is -2.26. The van der Waals surface area contributed by atoms with Crippen molar-refractivity contribution in [1.29, 1.82) is 0 Å². The van der Waals surface area contributed by atoms with Gasteiger partial charge in [0.25, 0.3) is 0 Å². The second-order valence-electron chi connectivity index (χ2n) is 5.90. The molecule has 5 nitrogen and oxygen atoms in total. The Balaban J connectivity index is 2.02. The van der Waals surface area contributed by atoms with E-state index in [2.05, 4.69) is 34.4 Å². The van der Waals surface area contributed by atoms with E-state index >= 15 is 0 Å². The summed E-state index contributed by atoms with van der Waals surface area (Å²) in [6.07, 6.45) is 7.72. The predicted molar refractivity (Wildman–Crippen MR) is 86.6 cm³/mol. The molecule has 1 aromatic heterocycles. The SMILES string of the molecule is CCCc1c(NCC)ncnc1NCC1CCCC(O)C1. The van der Waals surface area contributed by atoms with Gasteiger partial charge in [0.2, 0.25) is 0 Å². The zero-order valence-electron chi connectivity index (χ0n) is 13.2. The number of aliphatic hydroxyl groups excluding tert-OH is 1. The molecule has 21 heavy (non-hydrogen) atoms. The second kappa shape index (κ2) is 8.17. The maximum absolute atomic E-state index is 9.77. The minimum Gasteiger partial charge on any atom is -0.393 e. The predicted octanol–water partition coefficient (Wildman–Crippen LogP) is 2.82. The van der Waals surface area contributed by atoms with Gasteiger partial charge in [0, 0.05) is 18.7 Å². The third-order valence-corrected chi connectivity index (χ3v) is 4.10. The van der Waals surface area contributed by atoms with Crippen molar-refractivity contribution < 1.29 is 5.11 Å². The number of rotatable bonds is 7. The lowest BCUT2D eigenvalue weighted by molar-refractivity contribution is 0.104. The average molecular weight is 292 g/mol. The van der Waals surface area contributed by atoms with Gasteiger partial charge in [-0.2, -0.15) is 0 Å². The Morgan fingerprint density at radius 3 is 2.62 bits per heavy atom. The summed E-state index contributed by atoms with van der Waals surface area (Å²) in [6.45, 7) is 6.00. The fourth-order valence-electron chi connectivity index (χ4n) is 3.06. The Morgan fingerprint density at radius 1 is 1.19 bits per heavy atom. The van der Waals surface area contributed by atoms with E-state index in [0.717, 1.165) is 56.8 Å². The molecule has 0 bridgehead atoms. The third kappa shape index (κ3) is 4.56. The standard InChI is InChI=1S/C16H28N4O/c1-3-6-14-15(17-4-2)19-11-20-16(14)18-10-12-7-5-8-13(21)9-12/h11-13,21H,3-10H2,1-2H3,(H2,17,18,19,20). The number of anilines is 2. The van der Waals surface area contributed by atoms with E-state index in [1.165, 1.54) is 12.0 Å². The molecular weight excluding hydrogens is 264 g/mol. The lowest BCUT2D eigenvalue weighted by Crippen LogP contribution is -2.25. The van der Waals surface area contributed by atoms with Crippen molar-refractivity contribution in [3.05, 3.63) is 11.9 Å². The molecule has 1 aromatic rings. The molecule has 1 saturated carbocycles. The van der Waals surface area contributed by atoms with Crippen LogP contribution in [0.15, 0.2) is 6.33 Å². The van der Waals surface area contributed by atoms with E-state index in [4.69, 9.17) is 0 Å². The number of aromatic nitrogens is 2. The maximum Gasteiger partial charge on any atom is 0.134 e. The normalized spacial score (nSPS) is 22.0. The van der Waals surface area contributed by atoms with Crippen molar-refractivity contribution in [2.75, 3.05) is 23.7 Å². The van der Waals surface area contributed by atoms with Gasteiger partial charge < -0.3 is 15.7 Å². The number of aliphatic hydroxyl groups is 1. The molecule has 1 fully saturated rings. The first-order valence-electron chi connectivity index (χ1n) is 8.24. The Labute approximate surface area is 127 Å². The van der Waals surface area contributed by atoms with Crippen LogP contribution in [0.5, 0.6) is 0 Å². The summed E-state index contributed by atoms with van der Waals surface area (Å²) in [5.74, 6) is 2.43. The molecular formula is C16H28N4O. The monoisotopic (exact) mass is 292 g/mol. The Bertz CT molecular complexity index is 438. The molecule has 0 aliphatic heterocycles. The van der Waals surface area contributed by atoms with Gasteiger partial charge in [0.1, 0.15) is 18.0 Å². The van der Waals surface area contributed by atoms with Crippen LogP contribution >= 0.6 is 0 Å². The minimum absolute atomic E-state index is 0.122. The Hall–Kier alpha value is -1.36. The fraction of sp³-hybridized carbons (Fsp3) is 0.750. The highest BCUT2D eigenvalue weighted by atomic mass is 16.3. The van der Waals surface area contributed by atoms with Crippen molar-refractivity contribution in [3.63, 3.8) is 0 Å². The molecule has 1 heterocycles. The summed E-state index contributed by atoms with van der Waals surface area (Å²) < 4.78 is 0. The van der Waals surface area contributed by atoms with Crippen molar-refractivity contribution in [1.82, 2.24) is 9.97 Å². The Kier molecular flexibility index (Phi) is 6.23. The lowest BCUT2D eigenvalue weighted by atomic mass is 9.87. The van der Waals surface area contributed by atoms with E-state index in [9.17, 15) is 5.11 Å². The Morgan fingerprint density at radius 2 is 1.95 bits per heavy atom. The summed E-state index contributed by atoms with van der Waals surface area (Å²) in [5, 5.41) is 16.6. The number of hydrogen-bond donors (Lipinski definition) is 3. The highest BCUT2D eigenvalue weighted by Crippen LogP contribution is 2.26. The zero-order chi connectivity index (χ0) is 15.1. The number of nitrogens with zero attached hydrogens (tertiary/aromatic N) is 2. The number of hydrogen-bond acceptors (Lipinski definition) is 5. The molecule has 0 amide bonds. The van der Waals surface area contributed by atoms with Gasteiger partial charge >= 0.3 is 0 Å². The van der Waals surface area contributed by atoms with Crippen LogP contribution < -0.4 is 10.6 Å². The van der Waals surface area contributed by atoms with Gasteiger partial charge in [0.15, 0.2) is 0 Å². The minimum atomic E-state index is -0.122. The first-order chi connectivity index (χ1) is 10.2. The molecule has 2 atom stereocenters. The van der Waals surface area contributed by atoms with Crippen LogP contribution in [0, 0.1) is 5.92 Å². The average Bonchev–Trinajstić information content (AvgIpc) is 2.48. The van der Waals surface area contributed by atoms with Gasteiger partial charge in [-0.05, 0) is 38.5 Å². The molecule has 0 radical (unpaired) electrons. The van der Waals surface area contributed by atoms with E-state index in [1.807, 2.05) is 0 Å². The molecule has 1 aliphatic rings. The van der Waals surface area contributed by atoms with E-state index in [0.29, 0.717) is 5.92 Å². The fourth-order valence-corrected chi connectivity index (χ4v) is 3.06. The van der Waals surface area contributed by atoms with Crippen LogP contribution in [0.2, 0.25) is 0 Å². The highest BCUT2D eigenvalue weighted by molar-refractivity contribution is 5.57. The van der Waals surface area contributed by atoms with Gasteiger partial charge in [-0.15, -0.1) is 0 Å².